The first-order valence-electron chi connectivity index (χ1n) is 2.91. The monoisotopic (exact) mass is 199 g/mol. The topological polar surface area (TPSA) is 54.5 Å². The van der Waals surface area contributed by atoms with E-state index in [0.717, 1.165) is 0 Å². The van der Waals surface area contributed by atoms with Crippen molar-refractivity contribution in [3.63, 3.8) is 0 Å². The van der Waals surface area contributed by atoms with Crippen molar-refractivity contribution in [3.8, 4) is 0 Å². The average Bonchev–Trinajstić information content (AvgIpc) is 1.82. The molecule has 0 aromatic carbocycles. The Morgan fingerprint density at radius 2 is 1.82 bits per heavy atom. The van der Waals surface area contributed by atoms with Crippen LogP contribution in [0.1, 0.15) is 6.92 Å². The van der Waals surface area contributed by atoms with Crippen LogP contribution < -0.4 is 0 Å². The highest BCUT2D eigenvalue weighted by Crippen LogP contribution is 2.08. The Kier molecular flexibility index (Phi) is 3.31. The molecule has 0 aliphatic carbocycles. The molecule has 11 heavy (non-hydrogen) atoms. The highest BCUT2D eigenvalue weighted by molar-refractivity contribution is 8.14. The standard InChI is InChI=1S/C5H10ClNO3S/c1-4(11(6,9)10)5(8)7(2)3/h4H,1-3H3/t4-/m1/s1. The van der Waals surface area contributed by atoms with Crippen molar-refractivity contribution in [2.75, 3.05) is 14.1 Å². The van der Waals surface area contributed by atoms with Gasteiger partial charge in [0.05, 0.1) is 0 Å². The smallest absolute Gasteiger partial charge is 0.244 e. The molecule has 0 saturated heterocycles. The summed E-state index contributed by atoms with van der Waals surface area (Å²) in [5.41, 5.74) is 0. The maximum Gasteiger partial charge on any atom is 0.244 e. The predicted octanol–water partition coefficient (Wildman–Crippen LogP) is 0.0317. The van der Waals surface area contributed by atoms with Crippen LogP contribution in [-0.2, 0) is 13.8 Å². The van der Waals surface area contributed by atoms with Gasteiger partial charge in [-0.15, -0.1) is 0 Å². The zero-order chi connectivity index (χ0) is 9.23. The Labute approximate surface area is 70.6 Å². The summed E-state index contributed by atoms with van der Waals surface area (Å²) in [5.74, 6) is -0.514. The van der Waals surface area contributed by atoms with Gasteiger partial charge in [-0.3, -0.25) is 4.79 Å². The normalized spacial score (nSPS) is 14.2. The lowest BCUT2D eigenvalue weighted by Crippen LogP contribution is -2.34. The molecule has 0 spiro atoms. The fourth-order valence-corrected chi connectivity index (χ4v) is 1.16. The van der Waals surface area contributed by atoms with Crippen molar-refractivity contribution < 1.29 is 13.2 Å². The van der Waals surface area contributed by atoms with Gasteiger partial charge in [-0.1, -0.05) is 0 Å². The van der Waals surface area contributed by atoms with Gasteiger partial charge in [-0.05, 0) is 6.92 Å². The van der Waals surface area contributed by atoms with E-state index in [4.69, 9.17) is 10.7 Å². The zero-order valence-electron chi connectivity index (χ0n) is 6.54. The van der Waals surface area contributed by atoms with Gasteiger partial charge in [0, 0.05) is 24.8 Å². The molecule has 6 heteroatoms. The largest absolute Gasteiger partial charge is 0.348 e. The van der Waals surface area contributed by atoms with Crippen LogP contribution in [0.3, 0.4) is 0 Å². The minimum absolute atomic E-state index is 0.514. The van der Waals surface area contributed by atoms with E-state index in [0.29, 0.717) is 0 Å². The van der Waals surface area contributed by atoms with Gasteiger partial charge >= 0.3 is 0 Å². The summed E-state index contributed by atoms with van der Waals surface area (Å²) in [6, 6.07) is 0. The fourth-order valence-electron chi connectivity index (χ4n) is 0.484. The Morgan fingerprint density at radius 1 is 1.45 bits per heavy atom. The molecule has 0 unspecified atom stereocenters. The molecule has 0 aromatic rings. The van der Waals surface area contributed by atoms with E-state index in [9.17, 15) is 13.2 Å². The Hall–Kier alpha value is -0.290. The number of nitrogens with zero attached hydrogens (tertiary/aromatic N) is 1. The third-order valence-corrected chi connectivity index (χ3v) is 3.06. The van der Waals surface area contributed by atoms with E-state index in [1.165, 1.54) is 25.9 Å². The summed E-state index contributed by atoms with van der Waals surface area (Å²) in [4.78, 5) is 12.1. The number of halogens is 1. The minimum atomic E-state index is -3.77. The first-order valence-corrected chi connectivity index (χ1v) is 5.28. The third kappa shape index (κ3) is 3.07. The number of carbonyl (C=O) groups excluding carboxylic acids is 1. The van der Waals surface area contributed by atoms with E-state index >= 15 is 0 Å². The quantitative estimate of drug-likeness (QED) is 0.590. The SMILES string of the molecule is C[C@H](C(=O)N(C)C)S(=O)(=O)Cl. The molecule has 0 N–H and O–H groups in total. The van der Waals surface area contributed by atoms with E-state index in [1.54, 1.807) is 0 Å². The van der Waals surface area contributed by atoms with Crippen molar-refractivity contribution in [1.29, 1.82) is 0 Å². The maximum absolute atomic E-state index is 11.0. The number of carbonyl (C=O) groups is 1. The highest BCUT2D eigenvalue weighted by Gasteiger charge is 2.26. The van der Waals surface area contributed by atoms with Crippen molar-refractivity contribution in [2.24, 2.45) is 0 Å². The Morgan fingerprint density at radius 3 is 1.91 bits per heavy atom. The van der Waals surface area contributed by atoms with Crippen LogP contribution in [0.4, 0.5) is 0 Å². The van der Waals surface area contributed by atoms with Crippen molar-refractivity contribution in [3.05, 3.63) is 0 Å². The van der Waals surface area contributed by atoms with Gasteiger partial charge in [0.25, 0.3) is 0 Å². The lowest BCUT2D eigenvalue weighted by Gasteiger charge is -2.13. The number of rotatable bonds is 2. The molecule has 0 saturated carbocycles. The molecule has 0 aliphatic rings. The van der Waals surface area contributed by atoms with Crippen LogP contribution in [0.5, 0.6) is 0 Å². The van der Waals surface area contributed by atoms with Crippen LogP contribution in [0.25, 0.3) is 0 Å². The minimum Gasteiger partial charge on any atom is -0.348 e. The molecule has 66 valence electrons. The lowest BCUT2D eigenvalue weighted by atomic mass is 10.4. The Balaban J connectivity index is 4.53. The molecule has 0 heterocycles. The summed E-state index contributed by atoms with van der Waals surface area (Å²) in [6.45, 7) is 1.25. The number of hydrogen-bond donors (Lipinski definition) is 0. The third-order valence-electron chi connectivity index (χ3n) is 1.21. The van der Waals surface area contributed by atoms with Crippen LogP contribution in [0, 0.1) is 0 Å². The van der Waals surface area contributed by atoms with Crippen LogP contribution in [0.2, 0.25) is 0 Å². The Bertz CT molecular complexity index is 246. The molecular weight excluding hydrogens is 190 g/mol. The first-order chi connectivity index (χ1) is 4.76. The fraction of sp³-hybridized carbons (Fsp3) is 0.800. The van der Waals surface area contributed by atoms with Crippen molar-refractivity contribution in [2.45, 2.75) is 12.2 Å². The molecular formula is C5H10ClNO3S. The molecule has 4 nitrogen and oxygen atoms in total. The van der Waals surface area contributed by atoms with E-state index in [2.05, 4.69) is 0 Å². The number of amides is 1. The second-order valence-corrected chi connectivity index (χ2v) is 5.30. The number of hydrogen-bond acceptors (Lipinski definition) is 3. The zero-order valence-corrected chi connectivity index (χ0v) is 8.11. The van der Waals surface area contributed by atoms with Gasteiger partial charge in [0.2, 0.25) is 15.0 Å². The van der Waals surface area contributed by atoms with Gasteiger partial charge in [-0.25, -0.2) is 8.42 Å². The van der Waals surface area contributed by atoms with Crippen molar-refractivity contribution in [1.82, 2.24) is 4.90 Å². The van der Waals surface area contributed by atoms with Crippen LogP contribution in [0.15, 0.2) is 0 Å². The predicted molar refractivity (Wildman–Crippen MR) is 42.9 cm³/mol. The molecule has 0 aromatic heterocycles. The second-order valence-electron chi connectivity index (χ2n) is 2.35. The van der Waals surface area contributed by atoms with Gasteiger partial charge in [-0.2, -0.15) is 0 Å². The highest BCUT2D eigenvalue weighted by atomic mass is 35.7. The molecule has 0 aliphatic heterocycles. The molecule has 0 radical (unpaired) electrons. The van der Waals surface area contributed by atoms with Crippen LogP contribution in [-0.4, -0.2) is 38.6 Å². The summed E-state index contributed by atoms with van der Waals surface area (Å²) in [7, 11) is 4.13. The van der Waals surface area contributed by atoms with E-state index in [-0.39, 0.29) is 0 Å². The second kappa shape index (κ2) is 3.40. The van der Waals surface area contributed by atoms with Gasteiger partial charge in [0.1, 0.15) is 0 Å². The van der Waals surface area contributed by atoms with Crippen LogP contribution >= 0.6 is 10.7 Å². The summed E-state index contributed by atoms with van der Waals surface area (Å²) in [6.07, 6.45) is 0. The van der Waals surface area contributed by atoms with Gasteiger partial charge < -0.3 is 4.90 Å². The summed E-state index contributed by atoms with van der Waals surface area (Å²) < 4.78 is 21.2. The van der Waals surface area contributed by atoms with E-state index in [1.807, 2.05) is 0 Å². The average molecular weight is 200 g/mol. The molecule has 0 bridgehead atoms. The lowest BCUT2D eigenvalue weighted by molar-refractivity contribution is -0.127. The summed E-state index contributed by atoms with van der Waals surface area (Å²) >= 11 is 0. The van der Waals surface area contributed by atoms with Crippen molar-refractivity contribution >= 4 is 25.6 Å². The van der Waals surface area contributed by atoms with Gasteiger partial charge in [0.15, 0.2) is 5.25 Å². The molecule has 1 amide bonds. The summed E-state index contributed by atoms with van der Waals surface area (Å²) in [5, 5.41) is -1.17. The first kappa shape index (κ1) is 10.7. The molecule has 1 atom stereocenters. The maximum atomic E-state index is 11.0. The molecule has 0 fully saturated rings. The van der Waals surface area contributed by atoms with E-state index < -0.39 is 20.2 Å². The molecule has 0 rings (SSSR count).